The third-order valence-corrected chi connectivity index (χ3v) is 4.30. The van der Waals surface area contributed by atoms with Crippen molar-refractivity contribution in [2.45, 2.75) is 32.4 Å². The predicted molar refractivity (Wildman–Crippen MR) is 55.3 cm³/mol. The second-order valence-electron chi connectivity index (χ2n) is 3.04. The quantitative estimate of drug-likeness (QED) is 0.442. The molecule has 1 aromatic rings. The van der Waals surface area contributed by atoms with Gasteiger partial charge in [0, 0.05) is 0 Å². The van der Waals surface area contributed by atoms with Crippen LogP contribution in [0.4, 0.5) is 0 Å². The van der Waals surface area contributed by atoms with Crippen molar-refractivity contribution in [3.05, 3.63) is 10.6 Å². The van der Waals surface area contributed by atoms with Gasteiger partial charge in [-0.25, -0.2) is 0 Å². The largest absolute Gasteiger partial charge is 0.380 e. The molecular formula is C8H15N4S+. The number of nitrogens with one attached hydrogen (secondary N) is 1. The highest BCUT2D eigenvalue weighted by molar-refractivity contribution is 7.28. The molecule has 0 saturated carbocycles. The number of amidine groups is 1. The predicted octanol–water partition coefficient (Wildman–Crippen LogP) is 1.79. The minimum absolute atomic E-state index is 0.117. The van der Waals surface area contributed by atoms with Gasteiger partial charge in [-0.1, -0.05) is 6.92 Å². The minimum Gasteiger partial charge on any atom is -0.380 e. The van der Waals surface area contributed by atoms with Crippen molar-refractivity contribution in [3.8, 4) is 0 Å². The number of nitrogens with two attached hydrogens (primary N) is 1. The summed E-state index contributed by atoms with van der Waals surface area (Å²) in [6, 6.07) is 0. The smallest absolute Gasteiger partial charge is 0.263 e. The molecular weight excluding hydrogens is 184 g/mol. The van der Waals surface area contributed by atoms with Crippen LogP contribution in [0, 0.1) is 12.3 Å². The standard InChI is InChI=1S/C8H15N4S/c1-4-5(2)13-7(8(9)10)6(3)11-12-13/h5H,4H2,1-3H3,(H3,9,10)/q+1. The van der Waals surface area contributed by atoms with Crippen molar-refractivity contribution in [1.29, 1.82) is 5.41 Å². The van der Waals surface area contributed by atoms with Gasteiger partial charge in [-0.15, -0.1) is 5.10 Å². The average molecular weight is 199 g/mol. The van der Waals surface area contributed by atoms with Crippen LogP contribution in [-0.2, 0) is 0 Å². The topological polar surface area (TPSA) is 75.7 Å². The van der Waals surface area contributed by atoms with Gasteiger partial charge in [0.1, 0.15) is 16.4 Å². The van der Waals surface area contributed by atoms with E-state index in [1.165, 1.54) is 0 Å². The van der Waals surface area contributed by atoms with Crippen molar-refractivity contribution in [3.63, 3.8) is 0 Å². The van der Waals surface area contributed by atoms with E-state index in [9.17, 15) is 0 Å². The highest BCUT2D eigenvalue weighted by atomic mass is 32.2. The van der Waals surface area contributed by atoms with Gasteiger partial charge in [-0.3, -0.25) is 5.41 Å². The Bertz CT molecular complexity index is 318. The average Bonchev–Trinajstić information content (AvgIpc) is 2.45. The number of rotatable bonds is 3. The molecule has 1 heterocycles. The molecule has 0 amide bonds. The lowest BCUT2D eigenvalue weighted by atomic mass is 10.4. The summed E-state index contributed by atoms with van der Waals surface area (Å²) in [7, 11) is -0.282. The van der Waals surface area contributed by atoms with Gasteiger partial charge >= 0.3 is 0 Å². The number of aryl methyl sites for hydroxylation is 1. The normalized spacial score (nSPS) is 14.2. The lowest BCUT2D eigenvalue weighted by Gasteiger charge is -1.96. The van der Waals surface area contributed by atoms with Crippen LogP contribution >= 0.6 is 10.7 Å². The third-order valence-electron chi connectivity index (χ3n) is 2.02. The maximum Gasteiger partial charge on any atom is 0.263 e. The van der Waals surface area contributed by atoms with E-state index in [2.05, 4.69) is 23.4 Å². The summed E-state index contributed by atoms with van der Waals surface area (Å²) in [5.41, 5.74) is 6.29. The molecule has 3 N–H and O–H groups in total. The maximum atomic E-state index is 7.43. The first-order valence-corrected chi connectivity index (χ1v) is 5.52. The summed E-state index contributed by atoms with van der Waals surface area (Å²) in [5.74, 6) is 0.117. The summed E-state index contributed by atoms with van der Waals surface area (Å²) >= 11 is 0. The molecule has 0 saturated heterocycles. The van der Waals surface area contributed by atoms with Crippen LogP contribution in [0.1, 0.15) is 36.1 Å². The maximum absolute atomic E-state index is 7.43. The summed E-state index contributed by atoms with van der Waals surface area (Å²) in [6.07, 6.45) is 1.03. The molecule has 2 unspecified atom stereocenters. The Morgan fingerprint density at radius 2 is 2.31 bits per heavy atom. The number of nitrogen functional groups attached to an aromatic ring is 1. The number of aromatic nitrogens is 2. The Labute approximate surface area is 80.8 Å². The molecule has 0 aliphatic rings. The Hall–Kier alpha value is -0.970. The summed E-state index contributed by atoms with van der Waals surface area (Å²) < 4.78 is 4.15. The Morgan fingerprint density at radius 1 is 1.69 bits per heavy atom. The van der Waals surface area contributed by atoms with Crippen molar-refractivity contribution in [2.24, 2.45) is 5.73 Å². The lowest BCUT2D eigenvalue weighted by molar-refractivity contribution is 0.837. The summed E-state index contributed by atoms with van der Waals surface area (Å²) in [5, 5.41) is 11.8. The highest BCUT2D eigenvalue weighted by Gasteiger charge is 2.28. The molecule has 0 radical (unpaired) electrons. The fraction of sp³-hybridized carbons (Fsp3) is 0.625. The Morgan fingerprint density at radius 3 is 2.77 bits per heavy atom. The van der Waals surface area contributed by atoms with E-state index in [1.54, 1.807) is 0 Å². The van der Waals surface area contributed by atoms with Crippen molar-refractivity contribution >= 4 is 16.5 Å². The van der Waals surface area contributed by atoms with Crippen molar-refractivity contribution < 1.29 is 0 Å². The molecule has 0 aliphatic heterocycles. The molecule has 1 rings (SSSR count). The van der Waals surface area contributed by atoms with E-state index in [1.807, 2.05) is 6.92 Å². The molecule has 4 nitrogen and oxygen atoms in total. The zero-order valence-electron chi connectivity index (χ0n) is 8.16. The molecule has 0 aliphatic carbocycles. The number of hydrogen-bond acceptors (Lipinski definition) is 3. The van der Waals surface area contributed by atoms with Crippen molar-refractivity contribution in [2.75, 3.05) is 0 Å². The molecule has 0 aromatic carbocycles. The van der Waals surface area contributed by atoms with E-state index in [0.29, 0.717) is 5.25 Å². The van der Waals surface area contributed by atoms with Gasteiger partial charge in [0.2, 0.25) is 0 Å². The zero-order chi connectivity index (χ0) is 10.0. The van der Waals surface area contributed by atoms with E-state index in [4.69, 9.17) is 11.1 Å². The molecule has 13 heavy (non-hydrogen) atoms. The first-order chi connectivity index (χ1) is 6.07. The fourth-order valence-corrected chi connectivity index (χ4v) is 2.83. The van der Waals surface area contributed by atoms with Crippen molar-refractivity contribution in [1.82, 2.24) is 9.59 Å². The third kappa shape index (κ3) is 1.85. The van der Waals surface area contributed by atoms with Crippen LogP contribution in [0.3, 0.4) is 0 Å². The summed E-state index contributed by atoms with van der Waals surface area (Å²) in [6.45, 7) is 6.08. The fourth-order valence-electron chi connectivity index (χ4n) is 1.09. The second kappa shape index (κ2) is 3.83. The van der Waals surface area contributed by atoms with Gasteiger partial charge in [-0.05, 0) is 20.3 Å². The lowest BCUT2D eigenvalue weighted by Crippen LogP contribution is -2.12. The van der Waals surface area contributed by atoms with Gasteiger partial charge in [-0.2, -0.15) is 0 Å². The van der Waals surface area contributed by atoms with Crippen LogP contribution in [0.2, 0.25) is 0 Å². The SMILES string of the molecule is CCC(C)[s+]1nnc(C)c1C(=N)N. The van der Waals surface area contributed by atoms with E-state index in [0.717, 1.165) is 17.0 Å². The van der Waals surface area contributed by atoms with Crippen LogP contribution in [0.5, 0.6) is 0 Å². The first kappa shape index (κ1) is 10.1. The van der Waals surface area contributed by atoms with Gasteiger partial charge in [0.05, 0.1) is 4.49 Å². The zero-order valence-corrected chi connectivity index (χ0v) is 8.98. The number of nitrogens with zero attached hydrogens (tertiary/aromatic N) is 2. The summed E-state index contributed by atoms with van der Waals surface area (Å²) in [4.78, 5) is 0.828. The van der Waals surface area contributed by atoms with Gasteiger partial charge in [0.15, 0.2) is 11.1 Å². The molecule has 0 spiro atoms. The highest BCUT2D eigenvalue weighted by Crippen LogP contribution is 2.34. The molecule has 2 atom stereocenters. The van der Waals surface area contributed by atoms with Crippen LogP contribution in [0.25, 0.3) is 0 Å². The van der Waals surface area contributed by atoms with E-state index >= 15 is 0 Å². The van der Waals surface area contributed by atoms with E-state index < -0.39 is 0 Å². The van der Waals surface area contributed by atoms with Gasteiger partial charge in [0.25, 0.3) is 4.88 Å². The number of hydrogen-bond donors (Lipinski definition) is 2. The molecule has 72 valence electrons. The molecule has 1 aromatic heterocycles. The molecule has 5 heteroatoms. The monoisotopic (exact) mass is 199 g/mol. The molecule has 0 bridgehead atoms. The van der Waals surface area contributed by atoms with Crippen LogP contribution < -0.4 is 5.73 Å². The van der Waals surface area contributed by atoms with Crippen LogP contribution in [0.15, 0.2) is 0 Å². The van der Waals surface area contributed by atoms with Crippen LogP contribution in [-0.4, -0.2) is 15.4 Å². The molecule has 0 fully saturated rings. The Kier molecular flexibility index (Phi) is 2.98. The minimum atomic E-state index is -0.282. The Balaban J connectivity index is 3.14. The van der Waals surface area contributed by atoms with Gasteiger partial charge < -0.3 is 5.73 Å². The second-order valence-corrected chi connectivity index (χ2v) is 5.05. The first-order valence-electron chi connectivity index (χ1n) is 4.28. The van der Waals surface area contributed by atoms with E-state index in [-0.39, 0.29) is 16.5 Å².